The van der Waals surface area contributed by atoms with E-state index in [1.807, 2.05) is 11.3 Å². The van der Waals surface area contributed by atoms with Crippen molar-refractivity contribution in [2.24, 2.45) is 0 Å². The molecule has 12 rings (SSSR count). The second-order valence-corrected chi connectivity index (χ2v) is 18.5. The molecule has 0 saturated heterocycles. The van der Waals surface area contributed by atoms with Gasteiger partial charge in [-0.3, -0.25) is 0 Å². The molecule has 1 unspecified atom stereocenters. The third-order valence-corrected chi connectivity index (χ3v) is 14.9. The molecule has 0 N–H and O–H groups in total. The summed E-state index contributed by atoms with van der Waals surface area (Å²) in [5, 5.41) is 2.63. The van der Waals surface area contributed by atoms with Crippen LogP contribution in [0.1, 0.15) is 48.6 Å². The summed E-state index contributed by atoms with van der Waals surface area (Å²) < 4.78 is 2.63. The summed E-state index contributed by atoms with van der Waals surface area (Å²) in [6.07, 6.45) is 0. The number of nitrogens with zero attached hydrogens (tertiary/aromatic N) is 1. The lowest BCUT2D eigenvalue weighted by Crippen LogP contribution is -2.22. The van der Waals surface area contributed by atoms with Crippen LogP contribution in [0.4, 0.5) is 17.1 Å². The molecule has 0 bridgehead atoms. The van der Waals surface area contributed by atoms with Crippen LogP contribution in [0.3, 0.4) is 0 Å². The number of hydrogen-bond acceptors (Lipinski definition) is 2. The SMILES string of the molecule is CC1(C)c2ccccc2-c2cccc(-c3ccc(N(c4ccc5c(c4)C(C)(c4ccccc4)c4ccccc4-5)c4ccccc4-c4ccc5c(c4)sc4ccccc45)cc3)c21. The Bertz CT molecular complexity index is 3350. The maximum absolute atomic E-state index is 2.48. The van der Waals surface area contributed by atoms with Crippen molar-refractivity contribution < 1.29 is 0 Å². The molecule has 61 heavy (non-hydrogen) atoms. The molecule has 1 heterocycles. The zero-order valence-corrected chi connectivity index (χ0v) is 35.3. The van der Waals surface area contributed by atoms with Crippen molar-refractivity contribution in [3.05, 3.63) is 234 Å². The molecule has 2 heteroatoms. The van der Waals surface area contributed by atoms with Gasteiger partial charge in [-0.1, -0.05) is 178 Å². The fourth-order valence-corrected chi connectivity index (χ4v) is 12.0. The Kier molecular flexibility index (Phi) is 7.95. The summed E-state index contributed by atoms with van der Waals surface area (Å²) in [7, 11) is 0. The normalized spacial score (nSPS) is 15.7. The zero-order chi connectivity index (χ0) is 40.9. The number of para-hydroxylation sites is 1. The van der Waals surface area contributed by atoms with E-state index in [1.165, 1.54) is 92.5 Å². The largest absolute Gasteiger partial charge is 0.310 e. The Hall–Kier alpha value is -7.00. The Morgan fingerprint density at radius 3 is 1.79 bits per heavy atom. The summed E-state index contributed by atoms with van der Waals surface area (Å²) in [5.74, 6) is 0. The predicted molar refractivity (Wildman–Crippen MR) is 260 cm³/mol. The molecule has 0 aliphatic heterocycles. The first-order chi connectivity index (χ1) is 29.9. The summed E-state index contributed by atoms with van der Waals surface area (Å²) in [4.78, 5) is 2.48. The van der Waals surface area contributed by atoms with Crippen LogP contribution in [0.25, 0.3) is 64.7 Å². The van der Waals surface area contributed by atoms with E-state index in [2.05, 4.69) is 232 Å². The van der Waals surface area contributed by atoms with E-state index in [4.69, 9.17) is 0 Å². The molecule has 2 aliphatic rings. The average molecular weight is 798 g/mol. The van der Waals surface area contributed by atoms with Gasteiger partial charge in [0.1, 0.15) is 0 Å². The Balaban J connectivity index is 1.05. The van der Waals surface area contributed by atoms with Crippen molar-refractivity contribution in [2.45, 2.75) is 31.6 Å². The van der Waals surface area contributed by atoms with Crippen molar-refractivity contribution in [1.29, 1.82) is 0 Å². The highest BCUT2D eigenvalue weighted by atomic mass is 32.1. The highest BCUT2D eigenvalue weighted by Crippen LogP contribution is 2.55. The van der Waals surface area contributed by atoms with Gasteiger partial charge in [0, 0.05) is 47.9 Å². The monoisotopic (exact) mass is 797 g/mol. The molecule has 0 saturated carbocycles. The third-order valence-electron chi connectivity index (χ3n) is 13.8. The fourth-order valence-electron chi connectivity index (χ4n) is 10.8. The topological polar surface area (TPSA) is 3.24 Å². The molecular weight excluding hydrogens is 755 g/mol. The first-order valence-electron chi connectivity index (χ1n) is 21.3. The van der Waals surface area contributed by atoms with Crippen molar-refractivity contribution in [1.82, 2.24) is 0 Å². The molecule has 0 spiro atoms. The van der Waals surface area contributed by atoms with Gasteiger partial charge in [0.05, 0.1) is 5.69 Å². The molecule has 2 aliphatic carbocycles. The first kappa shape index (κ1) is 35.9. The van der Waals surface area contributed by atoms with Crippen LogP contribution in [-0.4, -0.2) is 0 Å². The van der Waals surface area contributed by atoms with Crippen LogP contribution in [-0.2, 0) is 10.8 Å². The van der Waals surface area contributed by atoms with Gasteiger partial charge in [0.25, 0.3) is 0 Å². The van der Waals surface area contributed by atoms with Gasteiger partial charge in [0.2, 0.25) is 0 Å². The van der Waals surface area contributed by atoms with Crippen molar-refractivity contribution in [3.63, 3.8) is 0 Å². The highest BCUT2D eigenvalue weighted by molar-refractivity contribution is 7.25. The minimum Gasteiger partial charge on any atom is -0.310 e. The molecule has 1 atom stereocenters. The van der Waals surface area contributed by atoms with Crippen LogP contribution in [0.5, 0.6) is 0 Å². The van der Waals surface area contributed by atoms with Crippen LogP contribution in [0.15, 0.2) is 206 Å². The molecule has 9 aromatic carbocycles. The number of fused-ring (bicyclic) bond motifs is 9. The van der Waals surface area contributed by atoms with Crippen LogP contribution in [0, 0.1) is 0 Å². The highest BCUT2D eigenvalue weighted by Gasteiger charge is 2.41. The molecule has 1 aromatic heterocycles. The minimum absolute atomic E-state index is 0.102. The average Bonchev–Trinajstić information content (AvgIpc) is 3.90. The van der Waals surface area contributed by atoms with E-state index in [-0.39, 0.29) is 10.8 Å². The van der Waals surface area contributed by atoms with Crippen LogP contribution in [0.2, 0.25) is 0 Å². The Labute approximate surface area is 361 Å². The number of benzene rings is 9. The molecule has 10 aromatic rings. The third kappa shape index (κ3) is 5.32. The molecule has 0 radical (unpaired) electrons. The van der Waals surface area contributed by atoms with Gasteiger partial charge < -0.3 is 4.90 Å². The van der Waals surface area contributed by atoms with Gasteiger partial charge in [-0.25, -0.2) is 0 Å². The summed E-state index contributed by atoms with van der Waals surface area (Å²) in [5.41, 5.74) is 20.0. The lowest BCUT2D eigenvalue weighted by Gasteiger charge is -2.31. The fraction of sp³-hybridized carbons (Fsp3) is 0.0847. The summed E-state index contributed by atoms with van der Waals surface area (Å²) in [6.45, 7) is 7.15. The van der Waals surface area contributed by atoms with Crippen molar-refractivity contribution in [3.8, 4) is 44.5 Å². The second-order valence-electron chi connectivity index (χ2n) is 17.4. The van der Waals surface area contributed by atoms with Crippen LogP contribution < -0.4 is 4.90 Å². The number of anilines is 3. The lowest BCUT2D eigenvalue weighted by molar-refractivity contribution is 0.662. The lowest BCUT2D eigenvalue weighted by atomic mass is 9.74. The molecule has 0 amide bonds. The number of thiophene rings is 1. The first-order valence-corrected chi connectivity index (χ1v) is 22.2. The van der Waals surface area contributed by atoms with Gasteiger partial charge in [-0.05, 0) is 116 Å². The smallest absolute Gasteiger partial charge is 0.0540 e. The minimum atomic E-state index is -0.317. The standard InChI is InChI=1S/C59H43NS/c1-58(2)51-24-11-7-20-46(51)50-23-15-22-44(57(50)58)38-28-31-41(32-29-38)60(54-26-13-9-18-43(54)39-30-34-49-48-21-10-14-27-55(48)61-56(49)36-39)42-33-35-47-45-19-8-12-25-52(45)59(3,53(47)37-42)40-16-5-4-6-17-40/h4-37H,1-3H3. The summed E-state index contributed by atoms with van der Waals surface area (Å²) in [6, 6.07) is 76.9. The van der Waals surface area contributed by atoms with E-state index in [1.54, 1.807) is 0 Å². The Morgan fingerprint density at radius 2 is 0.967 bits per heavy atom. The van der Waals surface area contributed by atoms with Gasteiger partial charge in [-0.15, -0.1) is 11.3 Å². The quantitative estimate of drug-likeness (QED) is 0.162. The molecule has 0 fully saturated rings. The predicted octanol–water partition coefficient (Wildman–Crippen LogP) is 16.5. The molecular formula is C59H43NS. The van der Waals surface area contributed by atoms with E-state index in [9.17, 15) is 0 Å². The maximum atomic E-state index is 2.48. The van der Waals surface area contributed by atoms with Gasteiger partial charge >= 0.3 is 0 Å². The van der Waals surface area contributed by atoms with E-state index < -0.39 is 0 Å². The van der Waals surface area contributed by atoms with E-state index >= 15 is 0 Å². The van der Waals surface area contributed by atoms with Gasteiger partial charge in [0.15, 0.2) is 0 Å². The molecule has 1 nitrogen and oxygen atoms in total. The van der Waals surface area contributed by atoms with Crippen LogP contribution >= 0.6 is 11.3 Å². The number of hydrogen-bond donors (Lipinski definition) is 0. The number of rotatable bonds is 6. The van der Waals surface area contributed by atoms with Crippen molar-refractivity contribution in [2.75, 3.05) is 4.90 Å². The maximum Gasteiger partial charge on any atom is 0.0540 e. The Morgan fingerprint density at radius 1 is 0.377 bits per heavy atom. The van der Waals surface area contributed by atoms with E-state index in [0.29, 0.717) is 0 Å². The zero-order valence-electron chi connectivity index (χ0n) is 34.5. The summed E-state index contributed by atoms with van der Waals surface area (Å²) >= 11 is 1.87. The van der Waals surface area contributed by atoms with E-state index in [0.717, 1.165) is 17.1 Å². The van der Waals surface area contributed by atoms with Gasteiger partial charge in [-0.2, -0.15) is 0 Å². The van der Waals surface area contributed by atoms with Crippen molar-refractivity contribution >= 4 is 48.6 Å². The second kappa shape index (κ2) is 13.5. The molecule has 290 valence electrons.